The zero-order valence-electron chi connectivity index (χ0n) is 15.2. The zero-order chi connectivity index (χ0) is 18.4. The van der Waals surface area contributed by atoms with Crippen molar-refractivity contribution in [1.29, 1.82) is 0 Å². The second-order valence-electron chi connectivity index (χ2n) is 6.24. The molecule has 2 aromatic rings. The Morgan fingerprint density at radius 2 is 1.80 bits per heavy atom. The Balaban J connectivity index is 1.93. The molecule has 1 heterocycles. The van der Waals surface area contributed by atoms with Crippen molar-refractivity contribution in [2.24, 2.45) is 7.05 Å². The summed E-state index contributed by atoms with van der Waals surface area (Å²) < 4.78 is 2.01. The first kappa shape index (κ1) is 18.7. The molecule has 1 aromatic carbocycles. The van der Waals surface area contributed by atoms with Gasteiger partial charge in [0.25, 0.3) is 0 Å². The van der Waals surface area contributed by atoms with Crippen molar-refractivity contribution >= 4 is 17.5 Å². The SMILES string of the molecule is CCc1ccc(NC(=O)C(=O)NCC(c2cccn2C)N(C)C)cc1. The number of hydrogen-bond acceptors (Lipinski definition) is 3. The van der Waals surface area contributed by atoms with Crippen LogP contribution in [0.3, 0.4) is 0 Å². The van der Waals surface area contributed by atoms with Gasteiger partial charge in [-0.2, -0.15) is 0 Å². The molecule has 2 amide bonds. The molecule has 1 atom stereocenters. The van der Waals surface area contributed by atoms with Gasteiger partial charge in [-0.1, -0.05) is 19.1 Å². The highest BCUT2D eigenvalue weighted by molar-refractivity contribution is 6.39. The molecule has 6 nitrogen and oxygen atoms in total. The summed E-state index contributed by atoms with van der Waals surface area (Å²) in [5.74, 6) is -1.30. The number of nitrogens with zero attached hydrogens (tertiary/aromatic N) is 2. The van der Waals surface area contributed by atoms with E-state index in [-0.39, 0.29) is 6.04 Å². The highest BCUT2D eigenvalue weighted by atomic mass is 16.2. The molecule has 0 saturated heterocycles. The molecule has 134 valence electrons. The van der Waals surface area contributed by atoms with Crippen molar-refractivity contribution in [2.75, 3.05) is 26.0 Å². The van der Waals surface area contributed by atoms with Crippen molar-refractivity contribution < 1.29 is 9.59 Å². The largest absolute Gasteiger partial charge is 0.353 e. The van der Waals surface area contributed by atoms with Crippen molar-refractivity contribution in [3.05, 3.63) is 53.9 Å². The minimum absolute atomic E-state index is 0.0133. The molecule has 1 unspecified atom stereocenters. The van der Waals surface area contributed by atoms with Gasteiger partial charge in [-0.05, 0) is 50.3 Å². The maximum Gasteiger partial charge on any atom is 0.313 e. The number of carbonyl (C=O) groups is 2. The predicted molar refractivity (Wildman–Crippen MR) is 99.3 cm³/mol. The highest BCUT2D eigenvalue weighted by Crippen LogP contribution is 2.17. The van der Waals surface area contributed by atoms with Crippen LogP contribution in [0.5, 0.6) is 0 Å². The average Bonchev–Trinajstić information content (AvgIpc) is 3.01. The normalized spacial score (nSPS) is 12.0. The maximum absolute atomic E-state index is 12.1. The molecule has 0 bridgehead atoms. The number of aromatic nitrogens is 1. The van der Waals surface area contributed by atoms with E-state index in [2.05, 4.69) is 17.6 Å². The number of benzene rings is 1. The molecule has 0 fully saturated rings. The van der Waals surface area contributed by atoms with Crippen molar-refractivity contribution in [1.82, 2.24) is 14.8 Å². The molecule has 0 aliphatic heterocycles. The topological polar surface area (TPSA) is 66.4 Å². The van der Waals surface area contributed by atoms with Gasteiger partial charge in [0.15, 0.2) is 0 Å². The van der Waals surface area contributed by atoms with E-state index >= 15 is 0 Å². The van der Waals surface area contributed by atoms with Crippen molar-refractivity contribution in [2.45, 2.75) is 19.4 Å². The van der Waals surface area contributed by atoms with Gasteiger partial charge in [0.2, 0.25) is 0 Å². The monoisotopic (exact) mass is 342 g/mol. The maximum atomic E-state index is 12.1. The van der Waals surface area contributed by atoms with Crippen LogP contribution in [0.25, 0.3) is 0 Å². The quantitative estimate of drug-likeness (QED) is 0.789. The van der Waals surface area contributed by atoms with Crippen LogP contribution in [-0.2, 0) is 23.1 Å². The summed E-state index contributed by atoms with van der Waals surface area (Å²) in [4.78, 5) is 26.2. The van der Waals surface area contributed by atoms with E-state index in [1.165, 1.54) is 5.56 Å². The molecular formula is C19H26N4O2. The Morgan fingerprint density at radius 3 is 2.32 bits per heavy atom. The second-order valence-corrected chi connectivity index (χ2v) is 6.24. The first-order valence-corrected chi connectivity index (χ1v) is 8.38. The van der Waals surface area contributed by atoms with Gasteiger partial charge in [-0.3, -0.25) is 14.5 Å². The minimum atomic E-state index is -0.659. The zero-order valence-corrected chi connectivity index (χ0v) is 15.2. The lowest BCUT2D eigenvalue weighted by Gasteiger charge is -2.25. The van der Waals surface area contributed by atoms with Crippen LogP contribution in [0.15, 0.2) is 42.6 Å². The van der Waals surface area contributed by atoms with Crippen LogP contribution in [-0.4, -0.2) is 41.9 Å². The summed E-state index contributed by atoms with van der Waals surface area (Å²) >= 11 is 0. The van der Waals surface area contributed by atoms with Gasteiger partial charge >= 0.3 is 11.8 Å². The van der Waals surface area contributed by atoms with E-state index in [1.54, 1.807) is 12.1 Å². The molecule has 2 rings (SSSR count). The third kappa shape index (κ3) is 4.93. The first-order chi connectivity index (χ1) is 11.9. The van der Waals surface area contributed by atoms with E-state index in [1.807, 2.05) is 61.1 Å². The number of aryl methyl sites for hydroxylation is 2. The fraction of sp³-hybridized carbons (Fsp3) is 0.368. The lowest BCUT2D eigenvalue weighted by Crippen LogP contribution is -2.40. The molecule has 0 aliphatic carbocycles. The van der Waals surface area contributed by atoms with E-state index in [4.69, 9.17) is 0 Å². The number of carbonyl (C=O) groups excluding carboxylic acids is 2. The molecule has 2 N–H and O–H groups in total. The summed E-state index contributed by atoms with van der Waals surface area (Å²) in [5.41, 5.74) is 2.86. The van der Waals surface area contributed by atoms with Gasteiger partial charge in [-0.25, -0.2) is 0 Å². The van der Waals surface area contributed by atoms with Gasteiger partial charge in [0, 0.05) is 31.2 Å². The van der Waals surface area contributed by atoms with Crippen LogP contribution >= 0.6 is 0 Å². The highest BCUT2D eigenvalue weighted by Gasteiger charge is 2.20. The lowest BCUT2D eigenvalue weighted by atomic mass is 10.1. The Hall–Kier alpha value is -2.60. The van der Waals surface area contributed by atoms with Crippen molar-refractivity contribution in [3.63, 3.8) is 0 Å². The smallest absolute Gasteiger partial charge is 0.313 e. The Labute approximate surface area is 148 Å². The molecule has 0 spiro atoms. The molecule has 0 aliphatic rings. The Bertz CT molecular complexity index is 719. The lowest BCUT2D eigenvalue weighted by molar-refractivity contribution is -0.136. The first-order valence-electron chi connectivity index (χ1n) is 8.38. The van der Waals surface area contributed by atoms with E-state index in [0.717, 1.165) is 12.1 Å². The van der Waals surface area contributed by atoms with Crippen LogP contribution < -0.4 is 10.6 Å². The predicted octanol–water partition coefficient (Wildman–Crippen LogP) is 1.95. The van der Waals surface area contributed by atoms with E-state index < -0.39 is 11.8 Å². The molecular weight excluding hydrogens is 316 g/mol. The fourth-order valence-corrected chi connectivity index (χ4v) is 2.65. The minimum Gasteiger partial charge on any atom is -0.353 e. The summed E-state index contributed by atoms with van der Waals surface area (Å²) in [6, 6.07) is 11.4. The number of hydrogen-bond donors (Lipinski definition) is 2. The molecule has 0 radical (unpaired) electrons. The third-order valence-corrected chi connectivity index (χ3v) is 4.23. The molecule has 0 saturated carbocycles. The van der Waals surface area contributed by atoms with Gasteiger partial charge in [0.05, 0.1) is 6.04 Å². The second kappa shape index (κ2) is 8.48. The number of likely N-dealkylation sites (N-methyl/N-ethyl adjacent to an activating group) is 1. The van der Waals surface area contributed by atoms with Gasteiger partial charge < -0.3 is 15.2 Å². The van der Waals surface area contributed by atoms with Gasteiger partial charge in [-0.15, -0.1) is 0 Å². The number of nitrogens with one attached hydrogen (secondary N) is 2. The molecule has 6 heteroatoms. The summed E-state index contributed by atoms with van der Waals surface area (Å²) in [5, 5.41) is 5.34. The average molecular weight is 342 g/mol. The van der Waals surface area contributed by atoms with Crippen LogP contribution in [0.1, 0.15) is 24.2 Å². The van der Waals surface area contributed by atoms with E-state index in [0.29, 0.717) is 12.2 Å². The molecule has 25 heavy (non-hydrogen) atoms. The Morgan fingerprint density at radius 1 is 1.12 bits per heavy atom. The summed E-state index contributed by atoms with van der Waals surface area (Å²) in [6.07, 6.45) is 2.89. The summed E-state index contributed by atoms with van der Waals surface area (Å²) in [7, 11) is 5.85. The van der Waals surface area contributed by atoms with E-state index in [9.17, 15) is 9.59 Å². The molecule has 1 aromatic heterocycles. The number of rotatable bonds is 6. The summed E-state index contributed by atoms with van der Waals surface area (Å²) in [6.45, 7) is 2.42. The van der Waals surface area contributed by atoms with Crippen LogP contribution in [0.2, 0.25) is 0 Å². The number of anilines is 1. The standard InChI is InChI=1S/C19H26N4O2/c1-5-14-8-10-15(11-9-14)21-19(25)18(24)20-13-17(22(2)3)16-7-6-12-23(16)4/h6-12,17H,5,13H2,1-4H3,(H,20,24)(H,21,25). The van der Waals surface area contributed by atoms with Gasteiger partial charge in [0.1, 0.15) is 0 Å². The number of amides is 2. The third-order valence-electron chi connectivity index (χ3n) is 4.23. The Kier molecular flexibility index (Phi) is 6.36. The fourth-order valence-electron chi connectivity index (χ4n) is 2.65. The van der Waals surface area contributed by atoms with Crippen molar-refractivity contribution in [3.8, 4) is 0 Å². The van der Waals surface area contributed by atoms with Crippen LogP contribution in [0, 0.1) is 0 Å². The van der Waals surface area contributed by atoms with Crippen LogP contribution in [0.4, 0.5) is 5.69 Å².